The third-order valence-corrected chi connectivity index (χ3v) is 3.04. The van der Waals surface area contributed by atoms with Gasteiger partial charge in [-0.25, -0.2) is 4.79 Å². The highest BCUT2D eigenvalue weighted by molar-refractivity contribution is 5.86. The molecular weight excluding hydrogens is 230 g/mol. The standard InChI is InChI=1S/C14H27NO3/c1-6-7-14(5,13(17)18)15-12(16)9-11(4)8-10(2)3/h10-11H,6-9H2,1-5H3,(H,15,16)(H,17,18). The maximum atomic E-state index is 11.9. The smallest absolute Gasteiger partial charge is 0.329 e. The molecule has 0 fully saturated rings. The molecule has 0 spiro atoms. The minimum Gasteiger partial charge on any atom is -0.480 e. The molecule has 0 heterocycles. The molecule has 0 aromatic carbocycles. The van der Waals surface area contributed by atoms with Gasteiger partial charge in [0.2, 0.25) is 5.91 Å². The maximum Gasteiger partial charge on any atom is 0.329 e. The van der Waals surface area contributed by atoms with Crippen molar-refractivity contribution in [3.63, 3.8) is 0 Å². The van der Waals surface area contributed by atoms with Crippen LogP contribution in [0.5, 0.6) is 0 Å². The van der Waals surface area contributed by atoms with Gasteiger partial charge >= 0.3 is 5.97 Å². The van der Waals surface area contributed by atoms with Crippen molar-refractivity contribution in [2.75, 3.05) is 0 Å². The first-order valence-electron chi connectivity index (χ1n) is 6.75. The van der Waals surface area contributed by atoms with E-state index < -0.39 is 11.5 Å². The first kappa shape index (κ1) is 16.9. The first-order chi connectivity index (χ1) is 8.21. The largest absolute Gasteiger partial charge is 0.480 e. The Hall–Kier alpha value is -1.06. The average Bonchev–Trinajstić information content (AvgIpc) is 2.14. The van der Waals surface area contributed by atoms with E-state index in [-0.39, 0.29) is 11.8 Å². The highest BCUT2D eigenvalue weighted by atomic mass is 16.4. The molecule has 2 unspecified atom stereocenters. The van der Waals surface area contributed by atoms with Crippen LogP contribution in [0.25, 0.3) is 0 Å². The van der Waals surface area contributed by atoms with E-state index in [2.05, 4.69) is 19.2 Å². The van der Waals surface area contributed by atoms with E-state index in [9.17, 15) is 14.7 Å². The van der Waals surface area contributed by atoms with Crippen LogP contribution >= 0.6 is 0 Å². The molecular formula is C14H27NO3. The molecule has 0 saturated carbocycles. The number of aliphatic carboxylic acids is 1. The van der Waals surface area contributed by atoms with Gasteiger partial charge in [-0.15, -0.1) is 0 Å². The van der Waals surface area contributed by atoms with Crippen LogP contribution in [0, 0.1) is 11.8 Å². The van der Waals surface area contributed by atoms with Crippen LogP contribution in [-0.4, -0.2) is 22.5 Å². The Morgan fingerprint density at radius 1 is 1.28 bits per heavy atom. The number of carboxylic acids is 1. The number of carbonyl (C=O) groups is 2. The normalized spacial score (nSPS) is 16.1. The number of amides is 1. The van der Waals surface area contributed by atoms with Gasteiger partial charge in [0.05, 0.1) is 0 Å². The Balaban J connectivity index is 4.39. The van der Waals surface area contributed by atoms with Crippen LogP contribution in [0.15, 0.2) is 0 Å². The molecule has 0 saturated heterocycles. The van der Waals surface area contributed by atoms with Crippen molar-refractivity contribution in [3.05, 3.63) is 0 Å². The van der Waals surface area contributed by atoms with Gasteiger partial charge in [-0.1, -0.05) is 34.1 Å². The van der Waals surface area contributed by atoms with Crippen LogP contribution < -0.4 is 5.32 Å². The summed E-state index contributed by atoms with van der Waals surface area (Å²) in [5.41, 5.74) is -1.14. The van der Waals surface area contributed by atoms with Gasteiger partial charge in [0.1, 0.15) is 5.54 Å². The topological polar surface area (TPSA) is 66.4 Å². The molecule has 4 heteroatoms. The fraction of sp³-hybridized carbons (Fsp3) is 0.857. The fourth-order valence-corrected chi connectivity index (χ4v) is 2.29. The zero-order chi connectivity index (χ0) is 14.3. The van der Waals surface area contributed by atoms with Crippen LogP contribution in [0.2, 0.25) is 0 Å². The van der Waals surface area contributed by atoms with Gasteiger partial charge in [-0.2, -0.15) is 0 Å². The van der Waals surface area contributed by atoms with Crippen molar-refractivity contribution >= 4 is 11.9 Å². The van der Waals surface area contributed by atoms with Gasteiger partial charge in [0, 0.05) is 6.42 Å². The molecule has 0 aliphatic rings. The lowest BCUT2D eigenvalue weighted by molar-refractivity contribution is -0.147. The van der Waals surface area contributed by atoms with Crippen LogP contribution in [0.3, 0.4) is 0 Å². The second-order valence-electron chi connectivity index (χ2n) is 5.87. The quantitative estimate of drug-likeness (QED) is 0.702. The Morgan fingerprint density at radius 3 is 2.22 bits per heavy atom. The van der Waals surface area contributed by atoms with Crippen molar-refractivity contribution in [3.8, 4) is 0 Å². The van der Waals surface area contributed by atoms with Crippen LogP contribution in [-0.2, 0) is 9.59 Å². The molecule has 0 aliphatic heterocycles. The predicted octanol–water partition coefficient (Wildman–Crippen LogP) is 2.82. The molecule has 18 heavy (non-hydrogen) atoms. The Labute approximate surface area is 110 Å². The second-order valence-corrected chi connectivity index (χ2v) is 5.87. The third-order valence-electron chi connectivity index (χ3n) is 3.04. The first-order valence-corrected chi connectivity index (χ1v) is 6.75. The molecule has 106 valence electrons. The number of carbonyl (C=O) groups excluding carboxylic acids is 1. The molecule has 0 bridgehead atoms. The van der Waals surface area contributed by atoms with Crippen LogP contribution in [0.4, 0.5) is 0 Å². The SMILES string of the molecule is CCCC(C)(NC(=O)CC(C)CC(C)C)C(=O)O. The van der Waals surface area contributed by atoms with Crippen molar-refractivity contribution in [2.45, 2.75) is 65.8 Å². The highest BCUT2D eigenvalue weighted by Gasteiger charge is 2.33. The molecule has 0 aliphatic carbocycles. The minimum absolute atomic E-state index is 0.165. The number of nitrogens with one attached hydrogen (secondary N) is 1. The fourth-order valence-electron chi connectivity index (χ4n) is 2.29. The van der Waals surface area contributed by atoms with Gasteiger partial charge in [0.25, 0.3) is 0 Å². The zero-order valence-corrected chi connectivity index (χ0v) is 12.2. The lowest BCUT2D eigenvalue weighted by atomic mass is 9.93. The molecule has 2 N–H and O–H groups in total. The van der Waals surface area contributed by atoms with E-state index in [1.807, 2.05) is 13.8 Å². The minimum atomic E-state index is -1.14. The number of hydrogen-bond donors (Lipinski definition) is 2. The Bertz CT molecular complexity index is 289. The van der Waals surface area contributed by atoms with Gasteiger partial charge in [0.15, 0.2) is 0 Å². The third kappa shape index (κ3) is 6.03. The predicted molar refractivity (Wildman–Crippen MR) is 72.3 cm³/mol. The average molecular weight is 257 g/mol. The van der Waals surface area contributed by atoms with Crippen LogP contribution in [0.1, 0.15) is 60.3 Å². The Morgan fingerprint density at radius 2 is 1.83 bits per heavy atom. The molecule has 0 rings (SSSR count). The van der Waals surface area contributed by atoms with Crippen molar-refractivity contribution < 1.29 is 14.7 Å². The van der Waals surface area contributed by atoms with Crippen molar-refractivity contribution in [2.24, 2.45) is 11.8 Å². The lowest BCUT2D eigenvalue weighted by Gasteiger charge is -2.26. The van der Waals surface area contributed by atoms with E-state index in [1.165, 1.54) is 0 Å². The summed E-state index contributed by atoms with van der Waals surface area (Å²) in [5.74, 6) is -0.297. The summed E-state index contributed by atoms with van der Waals surface area (Å²) in [6, 6.07) is 0. The second kappa shape index (κ2) is 7.39. The monoisotopic (exact) mass is 257 g/mol. The van der Waals surface area contributed by atoms with E-state index in [1.54, 1.807) is 6.92 Å². The van der Waals surface area contributed by atoms with Gasteiger partial charge in [-0.3, -0.25) is 4.79 Å². The van der Waals surface area contributed by atoms with Crippen molar-refractivity contribution in [1.82, 2.24) is 5.32 Å². The van der Waals surface area contributed by atoms with Crippen molar-refractivity contribution in [1.29, 1.82) is 0 Å². The zero-order valence-electron chi connectivity index (χ0n) is 12.2. The summed E-state index contributed by atoms with van der Waals surface area (Å²) in [4.78, 5) is 23.1. The number of rotatable bonds is 8. The van der Waals surface area contributed by atoms with E-state index >= 15 is 0 Å². The van der Waals surface area contributed by atoms with Gasteiger partial charge < -0.3 is 10.4 Å². The van der Waals surface area contributed by atoms with E-state index in [0.717, 1.165) is 12.8 Å². The lowest BCUT2D eigenvalue weighted by Crippen LogP contribution is -2.52. The summed E-state index contributed by atoms with van der Waals surface area (Å²) < 4.78 is 0. The summed E-state index contributed by atoms with van der Waals surface area (Å²) in [7, 11) is 0. The Kier molecular flexibility index (Phi) is 6.96. The summed E-state index contributed by atoms with van der Waals surface area (Å²) in [5, 5.41) is 11.8. The highest BCUT2D eigenvalue weighted by Crippen LogP contribution is 2.17. The molecule has 2 atom stereocenters. The summed E-state index contributed by atoms with van der Waals surface area (Å²) in [6.07, 6.45) is 2.55. The molecule has 1 amide bonds. The summed E-state index contributed by atoms with van der Waals surface area (Å²) >= 11 is 0. The van der Waals surface area contributed by atoms with Gasteiger partial charge in [-0.05, 0) is 31.6 Å². The number of hydrogen-bond acceptors (Lipinski definition) is 2. The molecule has 0 radical (unpaired) electrons. The van der Waals surface area contributed by atoms with E-state index in [4.69, 9.17) is 0 Å². The summed E-state index contributed by atoms with van der Waals surface area (Å²) in [6.45, 7) is 9.75. The molecule has 0 aromatic heterocycles. The maximum absolute atomic E-state index is 11.9. The molecule has 0 aromatic rings. The number of carboxylic acid groups (broad SMARTS) is 1. The van der Waals surface area contributed by atoms with E-state index in [0.29, 0.717) is 18.8 Å². The molecule has 4 nitrogen and oxygen atoms in total.